The van der Waals surface area contributed by atoms with Gasteiger partial charge in [0, 0.05) is 18.1 Å². The second-order valence-electron chi connectivity index (χ2n) is 8.51. The van der Waals surface area contributed by atoms with Crippen molar-refractivity contribution < 1.29 is 0 Å². The van der Waals surface area contributed by atoms with Crippen molar-refractivity contribution >= 4 is 45.1 Å². The molecule has 0 aliphatic carbocycles. The van der Waals surface area contributed by atoms with Crippen molar-refractivity contribution in [3.05, 3.63) is 89.7 Å². The van der Waals surface area contributed by atoms with Crippen molar-refractivity contribution in [2.45, 2.75) is 30.9 Å². The highest BCUT2D eigenvalue weighted by Gasteiger charge is 2.13. The van der Waals surface area contributed by atoms with Gasteiger partial charge in [-0.3, -0.25) is 9.88 Å². The molecule has 2 heterocycles. The van der Waals surface area contributed by atoms with E-state index in [-0.39, 0.29) is 0 Å². The van der Waals surface area contributed by atoms with E-state index in [9.17, 15) is 0 Å². The molecule has 4 heteroatoms. The van der Waals surface area contributed by atoms with Crippen molar-refractivity contribution in [2.24, 2.45) is 0 Å². The fraction of sp³-hybridized carbons (Fsp3) is 0.321. The summed E-state index contributed by atoms with van der Waals surface area (Å²) in [4.78, 5) is 7.53. The third-order valence-electron chi connectivity index (χ3n) is 6.15. The van der Waals surface area contributed by atoms with Crippen LogP contribution < -0.4 is 0 Å². The first-order valence-corrected chi connectivity index (χ1v) is 13.9. The highest BCUT2D eigenvalue weighted by Crippen LogP contribution is 2.30. The second kappa shape index (κ2) is 10.7. The summed E-state index contributed by atoms with van der Waals surface area (Å²) in [6, 6.07) is 26.6. The maximum absolute atomic E-state index is 4.84. The third kappa shape index (κ3) is 5.31. The van der Waals surface area contributed by atoms with Crippen LogP contribution >= 0.6 is 23.5 Å². The van der Waals surface area contributed by atoms with Crippen LogP contribution in [0.4, 0.5) is 0 Å². The van der Waals surface area contributed by atoms with Crippen molar-refractivity contribution in [1.29, 1.82) is 0 Å². The average molecular weight is 459 g/mol. The molecule has 0 saturated carbocycles. The Bertz CT molecular complexity index is 1110. The fourth-order valence-electron chi connectivity index (χ4n) is 4.60. The summed E-state index contributed by atoms with van der Waals surface area (Å²) < 4.78 is 0. The van der Waals surface area contributed by atoms with Crippen LogP contribution in [-0.2, 0) is 18.1 Å². The molecule has 1 aromatic heterocycles. The molecule has 0 unspecified atom stereocenters. The van der Waals surface area contributed by atoms with Gasteiger partial charge in [-0.2, -0.15) is 23.5 Å². The lowest BCUT2D eigenvalue weighted by molar-refractivity contribution is 0.270. The zero-order valence-corrected chi connectivity index (χ0v) is 20.1. The van der Waals surface area contributed by atoms with Gasteiger partial charge in [-0.25, -0.2) is 0 Å². The Morgan fingerprint density at radius 1 is 0.688 bits per heavy atom. The van der Waals surface area contributed by atoms with Crippen molar-refractivity contribution in [2.75, 3.05) is 24.6 Å². The lowest BCUT2D eigenvalue weighted by atomic mass is 9.96. The zero-order chi connectivity index (χ0) is 21.6. The molecule has 5 rings (SSSR count). The quantitative estimate of drug-likeness (QED) is 0.296. The lowest BCUT2D eigenvalue weighted by Gasteiger charge is -2.24. The Labute approximate surface area is 199 Å². The Balaban J connectivity index is 1.36. The summed E-state index contributed by atoms with van der Waals surface area (Å²) in [5.41, 5.74) is 3.94. The number of aromatic nitrogens is 1. The largest absolute Gasteiger partial charge is 0.299 e. The van der Waals surface area contributed by atoms with Crippen LogP contribution in [0.15, 0.2) is 72.8 Å². The van der Waals surface area contributed by atoms with E-state index in [4.69, 9.17) is 4.98 Å². The van der Waals surface area contributed by atoms with Crippen LogP contribution in [0.25, 0.3) is 21.5 Å². The summed E-state index contributed by atoms with van der Waals surface area (Å²) in [6.07, 6.45) is 2.44. The normalized spacial score (nSPS) is 16.8. The highest BCUT2D eigenvalue weighted by molar-refractivity contribution is 7.98. The molecule has 1 aliphatic heterocycles. The highest BCUT2D eigenvalue weighted by atomic mass is 32.2. The Hall–Kier alpha value is -2.01. The predicted octanol–water partition coefficient (Wildman–Crippen LogP) is 7.15. The van der Waals surface area contributed by atoms with Crippen LogP contribution in [0.5, 0.6) is 0 Å². The molecule has 0 radical (unpaired) electrons. The van der Waals surface area contributed by atoms with Gasteiger partial charge in [-0.05, 0) is 82.7 Å². The molecule has 0 N–H and O–H groups in total. The van der Waals surface area contributed by atoms with Crippen molar-refractivity contribution in [3.8, 4) is 0 Å². The molecule has 4 aromatic rings. The summed E-state index contributed by atoms with van der Waals surface area (Å²) >= 11 is 4.04. The minimum atomic E-state index is 1.02. The van der Waals surface area contributed by atoms with Gasteiger partial charge in [0.05, 0.1) is 11.4 Å². The number of nitrogens with zero attached hydrogens (tertiary/aromatic N) is 2. The van der Waals surface area contributed by atoms with Crippen molar-refractivity contribution in [1.82, 2.24) is 9.88 Å². The number of thioether (sulfide) groups is 2. The van der Waals surface area contributed by atoms with Crippen LogP contribution in [0.3, 0.4) is 0 Å². The Kier molecular flexibility index (Phi) is 7.32. The van der Waals surface area contributed by atoms with Crippen LogP contribution in [0, 0.1) is 0 Å². The van der Waals surface area contributed by atoms with Crippen LogP contribution in [0.2, 0.25) is 0 Å². The minimum absolute atomic E-state index is 1.02. The Morgan fingerprint density at radius 3 is 1.84 bits per heavy atom. The van der Waals surface area contributed by atoms with Gasteiger partial charge < -0.3 is 0 Å². The van der Waals surface area contributed by atoms with Gasteiger partial charge in [0.15, 0.2) is 0 Å². The molecule has 1 aliphatic rings. The summed E-state index contributed by atoms with van der Waals surface area (Å²) in [5.74, 6) is 4.42. The van der Waals surface area contributed by atoms with E-state index in [1.54, 1.807) is 0 Å². The number of fused-ring (bicyclic) bond motifs is 4. The van der Waals surface area contributed by atoms with E-state index in [2.05, 4.69) is 77.7 Å². The molecule has 0 spiro atoms. The number of hydrogen-bond acceptors (Lipinski definition) is 4. The van der Waals surface area contributed by atoms with E-state index in [0.717, 1.165) is 31.1 Å². The smallest absolute Gasteiger partial charge is 0.0506 e. The lowest BCUT2D eigenvalue weighted by Crippen LogP contribution is -2.26. The topological polar surface area (TPSA) is 16.1 Å². The predicted molar refractivity (Wildman–Crippen MR) is 143 cm³/mol. The second-order valence-corrected chi connectivity index (χ2v) is 10.7. The van der Waals surface area contributed by atoms with Gasteiger partial charge >= 0.3 is 0 Å². The SMILES string of the molecule is c1cc2nc(c1)CSCCCN(Cc1c3ccccc3cc3ccccc13)CCCSC2. The minimum Gasteiger partial charge on any atom is -0.299 e. The molecule has 2 nitrogen and oxygen atoms in total. The molecule has 0 atom stereocenters. The molecule has 32 heavy (non-hydrogen) atoms. The van der Waals surface area contributed by atoms with E-state index in [1.165, 1.54) is 62.8 Å². The maximum Gasteiger partial charge on any atom is 0.0506 e. The van der Waals surface area contributed by atoms with Gasteiger partial charge in [0.2, 0.25) is 0 Å². The zero-order valence-electron chi connectivity index (χ0n) is 18.5. The number of hydrogen-bond donors (Lipinski definition) is 0. The van der Waals surface area contributed by atoms with E-state index in [1.807, 2.05) is 23.5 Å². The summed E-state index contributed by atoms with van der Waals surface area (Å²) in [6.45, 7) is 3.34. The fourth-order valence-corrected chi connectivity index (χ4v) is 6.29. The van der Waals surface area contributed by atoms with Gasteiger partial charge in [0.1, 0.15) is 0 Å². The van der Waals surface area contributed by atoms with Gasteiger partial charge in [-0.1, -0.05) is 54.6 Å². The third-order valence-corrected chi connectivity index (χ3v) is 8.31. The number of benzene rings is 3. The molecule has 164 valence electrons. The molecule has 2 bridgehead atoms. The first-order valence-electron chi connectivity index (χ1n) is 11.6. The maximum atomic E-state index is 4.84. The standard InChI is InChI=1S/C28H30N2S2/c1-3-12-26-22(8-1)18-23-9-2-4-13-27(23)28(26)19-30-14-6-16-31-20-24-10-5-11-25(29-24)21-32-17-7-15-30/h1-5,8-13,18H,6-7,14-17,19-21H2. The van der Waals surface area contributed by atoms with E-state index in [0.29, 0.717) is 0 Å². The molecular formula is C28H30N2S2. The Morgan fingerprint density at radius 2 is 1.25 bits per heavy atom. The van der Waals surface area contributed by atoms with Gasteiger partial charge in [-0.15, -0.1) is 0 Å². The van der Waals surface area contributed by atoms with Crippen LogP contribution in [0.1, 0.15) is 29.8 Å². The van der Waals surface area contributed by atoms with Gasteiger partial charge in [0.25, 0.3) is 0 Å². The van der Waals surface area contributed by atoms with E-state index >= 15 is 0 Å². The summed E-state index contributed by atoms with van der Waals surface area (Å²) in [5, 5.41) is 5.50. The molecule has 0 fully saturated rings. The molecular weight excluding hydrogens is 428 g/mol. The average Bonchev–Trinajstić information content (AvgIpc) is 2.83. The molecule has 3 aromatic carbocycles. The van der Waals surface area contributed by atoms with Crippen LogP contribution in [-0.4, -0.2) is 34.5 Å². The monoisotopic (exact) mass is 458 g/mol. The number of rotatable bonds is 2. The van der Waals surface area contributed by atoms with E-state index < -0.39 is 0 Å². The first-order chi connectivity index (χ1) is 15.9. The number of pyridine rings is 1. The first kappa shape index (κ1) is 21.8. The molecule has 0 saturated heterocycles. The summed E-state index contributed by atoms with van der Waals surface area (Å²) in [7, 11) is 0. The molecule has 0 amide bonds. The van der Waals surface area contributed by atoms with Crippen molar-refractivity contribution in [3.63, 3.8) is 0 Å².